The minimum Gasteiger partial charge on any atom is -0.378 e. The largest absolute Gasteiger partial charge is 0.378 e. The Hall–Kier alpha value is -2.79. The van der Waals surface area contributed by atoms with E-state index in [1.807, 2.05) is 0 Å². The van der Waals surface area contributed by atoms with Crippen LogP contribution in [0.3, 0.4) is 0 Å². The van der Waals surface area contributed by atoms with Gasteiger partial charge in [0, 0.05) is 44.4 Å². The van der Waals surface area contributed by atoms with E-state index in [0.29, 0.717) is 38.8 Å². The van der Waals surface area contributed by atoms with Crippen LogP contribution < -0.4 is 10.6 Å². The number of rotatable bonds is 8. The highest BCUT2D eigenvalue weighted by atomic mass is 19.1. The first-order valence-corrected chi connectivity index (χ1v) is 9.23. The van der Waals surface area contributed by atoms with Crippen molar-refractivity contribution < 1.29 is 18.7 Å². The third-order valence-electron chi connectivity index (χ3n) is 5.18. The van der Waals surface area contributed by atoms with Crippen molar-refractivity contribution in [3.05, 3.63) is 35.1 Å². The maximum atomic E-state index is 13.8. The number of hydrogen-bond donors (Lipinski definition) is 2. The molecule has 0 aromatic heterocycles. The Morgan fingerprint density at radius 2 is 2.14 bits per heavy atom. The quantitative estimate of drug-likeness (QED) is 0.670. The van der Waals surface area contributed by atoms with E-state index in [4.69, 9.17) is 11.2 Å². The number of carbonyl (C=O) groups excluding carboxylic acids is 2. The molecule has 1 fully saturated rings. The molecule has 3 rings (SSSR count). The van der Waals surface area contributed by atoms with Gasteiger partial charge in [-0.25, -0.2) is 4.39 Å². The molecular formula is C20H23FN4O3. The number of carbonyl (C=O) groups is 2. The Morgan fingerprint density at radius 3 is 2.79 bits per heavy atom. The second-order valence-corrected chi connectivity index (χ2v) is 7.14. The Balaban J connectivity index is 1.61. The van der Waals surface area contributed by atoms with Crippen molar-refractivity contribution in [1.82, 2.24) is 10.6 Å². The average molecular weight is 386 g/mol. The smallest absolute Gasteiger partial charge is 0.252 e. The topological polar surface area (TPSA) is 92.2 Å². The van der Waals surface area contributed by atoms with Crippen molar-refractivity contribution in [2.45, 2.75) is 43.8 Å². The Kier molecular flexibility index (Phi) is 5.75. The van der Waals surface area contributed by atoms with Crippen LogP contribution in [0.2, 0.25) is 0 Å². The summed E-state index contributed by atoms with van der Waals surface area (Å²) in [6, 6.07) is 4.28. The SMILES string of the molecule is C#CCCC1(CCNC(=O)C2(NC(=O)c3cccc(F)c3C)CCOC2)N=N1. The van der Waals surface area contributed by atoms with Crippen molar-refractivity contribution in [2.75, 3.05) is 19.8 Å². The van der Waals surface area contributed by atoms with E-state index in [9.17, 15) is 14.0 Å². The minimum absolute atomic E-state index is 0.0654. The molecule has 0 spiro atoms. The van der Waals surface area contributed by atoms with Crippen molar-refractivity contribution in [3.8, 4) is 12.3 Å². The highest BCUT2D eigenvalue weighted by Gasteiger charge is 2.45. The van der Waals surface area contributed by atoms with Gasteiger partial charge in [-0.2, -0.15) is 10.2 Å². The van der Waals surface area contributed by atoms with Crippen LogP contribution in [0.25, 0.3) is 0 Å². The molecule has 0 bridgehead atoms. The van der Waals surface area contributed by atoms with Gasteiger partial charge in [-0.05, 0) is 24.6 Å². The van der Waals surface area contributed by atoms with Gasteiger partial charge in [0.15, 0.2) is 5.66 Å². The number of halogens is 1. The zero-order valence-corrected chi connectivity index (χ0v) is 15.8. The van der Waals surface area contributed by atoms with Gasteiger partial charge in [-0.3, -0.25) is 9.59 Å². The second-order valence-electron chi connectivity index (χ2n) is 7.14. The molecule has 2 heterocycles. The van der Waals surface area contributed by atoms with Gasteiger partial charge < -0.3 is 15.4 Å². The summed E-state index contributed by atoms with van der Waals surface area (Å²) in [5, 5.41) is 13.7. The molecule has 28 heavy (non-hydrogen) atoms. The first-order valence-electron chi connectivity index (χ1n) is 9.23. The predicted octanol–water partition coefficient (Wildman–Crippen LogP) is 2.10. The molecule has 0 saturated carbocycles. The van der Waals surface area contributed by atoms with Gasteiger partial charge in [0.05, 0.1) is 6.61 Å². The van der Waals surface area contributed by atoms with Crippen molar-refractivity contribution in [3.63, 3.8) is 0 Å². The van der Waals surface area contributed by atoms with Gasteiger partial charge in [-0.15, -0.1) is 12.3 Å². The van der Waals surface area contributed by atoms with Crippen LogP contribution in [0.15, 0.2) is 28.4 Å². The normalized spacial score (nSPS) is 21.8. The maximum Gasteiger partial charge on any atom is 0.252 e. The van der Waals surface area contributed by atoms with Crippen LogP contribution in [0, 0.1) is 25.1 Å². The highest BCUT2D eigenvalue weighted by molar-refractivity contribution is 6.00. The van der Waals surface area contributed by atoms with E-state index < -0.39 is 22.9 Å². The first kappa shape index (κ1) is 20.0. The van der Waals surface area contributed by atoms with Crippen LogP contribution in [-0.4, -0.2) is 42.8 Å². The molecule has 148 valence electrons. The maximum absolute atomic E-state index is 13.8. The zero-order chi connectivity index (χ0) is 20.2. The molecule has 1 atom stereocenters. The fourth-order valence-corrected chi connectivity index (χ4v) is 3.25. The summed E-state index contributed by atoms with van der Waals surface area (Å²) in [6.07, 6.45) is 7.39. The predicted molar refractivity (Wildman–Crippen MR) is 100 cm³/mol. The lowest BCUT2D eigenvalue weighted by Gasteiger charge is -2.28. The summed E-state index contributed by atoms with van der Waals surface area (Å²) in [7, 11) is 0. The van der Waals surface area contributed by atoms with Gasteiger partial charge in [-0.1, -0.05) is 6.07 Å². The lowest BCUT2D eigenvalue weighted by molar-refractivity contribution is -0.127. The molecule has 0 radical (unpaired) electrons. The molecule has 1 aromatic carbocycles. The number of hydrogen-bond acceptors (Lipinski definition) is 5. The fourth-order valence-electron chi connectivity index (χ4n) is 3.25. The van der Waals surface area contributed by atoms with E-state index in [2.05, 4.69) is 26.8 Å². The minimum atomic E-state index is -1.18. The molecular weight excluding hydrogens is 363 g/mol. The summed E-state index contributed by atoms with van der Waals surface area (Å²) in [6.45, 7) is 2.30. The van der Waals surface area contributed by atoms with Crippen LogP contribution in [0.5, 0.6) is 0 Å². The van der Waals surface area contributed by atoms with Gasteiger partial charge in [0.2, 0.25) is 5.91 Å². The van der Waals surface area contributed by atoms with E-state index in [0.717, 1.165) is 0 Å². The van der Waals surface area contributed by atoms with Gasteiger partial charge >= 0.3 is 0 Å². The third kappa shape index (κ3) is 4.20. The van der Waals surface area contributed by atoms with Gasteiger partial charge in [0.1, 0.15) is 11.4 Å². The Morgan fingerprint density at radius 1 is 1.36 bits per heavy atom. The van der Waals surface area contributed by atoms with E-state index in [-0.39, 0.29) is 23.6 Å². The molecule has 2 aliphatic heterocycles. The number of terminal acetylenes is 1. The molecule has 1 unspecified atom stereocenters. The van der Waals surface area contributed by atoms with Crippen LogP contribution in [0.4, 0.5) is 4.39 Å². The lowest BCUT2D eigenvalue weighted by atomic mass is 9.95. The zero-order valence-electron chi connectivity index (χ0n) is 15.8. The molecule has 0 aliphatic carbocycles. The Labute approximate surface area is 163 Å². The average Bonchev–Trinajstić information content (AvgIpc) is 3.29. The molecule has 2 aliphatic rings. The van der Waals surface area contributed by atoms with Crippen molar-refractivity contribution in [2.24, 2.45) is 10.2 Å². The van der Waals surface area contributed by atoms with E-state index in [1.54, 1.807) is 0 Å². The molecule has 8 heteroatoms. The summed E-state index contributed by atoms with van der Waals surface area (Å²) in [5.41, 5.74) is -1.23. The van der Waals surface area contributed by atoms with Gasteiger partial charge in [0.25, 0.3) is 5.91 Å². The van der Waals surface area contributed by atoms with E-state index in [1.165, 1.54) is 25.1 Å². The lowest BCUT2D eigenvalue weighted by Crippen LogP contribution is -2.59. The second kappa shape index (κ2) is 8.07. The molecule has 7 nitrogen and oxygen atoms in total. The van der Waals surface area contributed by atoms with Crippen LogP contribution in [-0.2, 0) is 9.53 Å². The molecule has 1 aromatic rings. The Bertz CT molecular complexity index is 834. The van der Waals surface area contributed by atoms with Crippen LogP contribution in [0.1, 0.15) is 41.6 Å². The highest BCUT2D eigenvalue weighted by Crippen LogP contribution is 2.36. The van der Waals surface area contributed by atoms with Crippen molar-refractivity contribution in [1.29, 1.82) is 0 Å². The molecule has 2 N–H and O–H groups in total. The van der Waals surface area contributed by atoms with E-state index >= 15 is 0 Å². The summed E-state index contributed by atoms with van der Waals surface area (Å²) in [4.78, 5) is 25.5. The first-order chi connectivity index (χ1) is 13.4. The number of ether oxygens (including phenoxy) is 1. The number of amides is 2. The number of benzene rings is 1. The molecule has 1 saturated heterocycles. The monoisotopic (exact) mass is 386 g/mol. The van der Waals surface area contributed by atoms with Crippen molar-refractivity contribution >= 4 is 11.8 Å². The van der Waals surface area contributed by atoms with Crippen LogP contribution >= 0.6 is 0 Å². The number of nitrogens with one attached hydrogen (secondary N) is 2. The fraction of sp³-hybridized carbons (Fsp3) is 0.500. The summed E-state index contributed by atoms with van der Waals surface area (Å²) < 4.78 is 19.1. The summed E-state index contributed by atoms with van der Waals surface area (Å²) >= 11 is 0. The number of nitrogens with zero attached hydrogens (tertiary/aromatic N) is 2. The third-order valence-corrected chi connectivity index (χ3v) is 5.18. The molecule has 2 amide bonds. The standard InChI is InChI=1S/C20H23FN4O3/c1-3-4-8-20(24-25-20)9-11-22-18(27)19(10-12-28-13-19)23-17(26)15-6-5-7-16(21)14(15)2/h1,5-7H,4,8-13H2,2H3,(H,22,27)(H,23,26). The summed E-state index contributed by atoms with van der Waals surface area (Å²) in [5.74, 6) is 1.25.